The summed E-state index contributed by atoms with van der Waals surface area (Å²) in [5, 5.41) is 6.22. The van der Waals surface area contributed by atoms with Gasteiger partial charge in [-0.3, -0.25) is 4.79 Å². The number of ether oxygens (including phenoxy) is 1. The SMILES string of the molecule is COc1ccc(-c2ccccc2C2NCCNC2=O)c(C)c1. The Hall–Kier alpha value is -2.33. The molecule has 0 spiro atoms. The molecule has 0 aromatic heterocycles. The Balaban J connectivity index is 2.06. The summed E-state index contributed by atoms with van der Waals surface area (Å²) < 4.78 is 5.27. The smallest absolute Gasteiger partial charge is 0.241 e. The predicted molar refractivity (Wildman–Crippen MR) is 86.9 cm³/mol. The van der Waals surface area contributed by atoms with Crippen LogP contribution in [0.5, 0.6) is 5.75 Å². The normalized spacial score (nSPS) is 17.9. The highest BCUT2D eigenvalue weighted by Crippen LogP contribution is 2.32. The summed E-state index contributed by atoms with van der Waals surface area (Å²) in [6.45, 7) is 3.52. The van der Waals surface area contributed by atoms with Crippen LogP contribution in [0.15, 0.2) is 42.5 Å². The van der Waals surface area contributed by atoms with E-state index < -0.39 is 0 Å². The van der Waals surface area contributed by atoms with Crippen LogP contribution in [0.2, 0.25) is 0 Å². The van der Waals surface area contributed by atoms with Crippen LogP contribution >= 0.6 is 0 Å². The van der Waals surface area contributed by atoms with E-state index in [0.717, 1.165) is 34.5 Å². The van der Waals surface area contributed by atoms with Crippen molar-refractivity contribution < 1.29 is 9.53 Å². The minimum atomic E-state index is -0.300. The number of hydrogen-bond donors (Lipinski definition) is 2. The molecule has 22 heavy (non-hydrogen) atoms. The molecule has 1 unspecified atom stereocenters. The van der Waals surface area contributed by atoms with Crippen molar-refractivity contribution in [1.29, 1.82) is 0 Å². The van der Waals surface area contributed by atoms with Crippen molar-refractivity contribution in [3.63, 3.8) is 0 Å². The Morgan fingerprint density at radius 1 is 1.09 bits per heavy atom. The van der Waals surface area contributed by atoms with Gasteiger partial charge in [0.1, 0.15) is 11.8 Å². The summed E-state index contributed by atoms with van der Waals surface area (Å²) >= 11 is 0. The first-order chi connectivity index (χ1) is 10.7. The molecule has 1 aliphatic heterocycles. The second-order valence-electron chi connectivity index (χ2n) is 5.45. The van der Waals surface area contributed by atoms with E-state index in [0.29, 0.717) is 6.54 Å². The zero-order valence-electron chi connectivity index (χ0n) is 12.8. The van der Waals surface area contributed by atoms with Gasteiger partial charge in [0.05, 0.1) is 7.11 Å². The molecule has 4 nitrogen and oxygen atoms in total. The van der Waals surface area contributed by atoms with Gasteiger partial charge in [-0.15, -0.1) is 0 Å². The molecule has 0 bridgehead atoms. The van der Waals surface area contributed by atoms with Crippen LogP contribution in [-0.4, -0.2) is 26.1 Å². The fraction of sp³-hybridized carbons (Fsp3) is 0.278. The molecule has 1 saturated heterocycles. The molecule has 0 radical (unpaired) electrons. The van der Waals surface area contributed by atoms with E-state index in [9.17, 15) is 4.79 Å². The monoisotopic (exact) mass is 296 g/mol. The van der Waals surface area contributed by atoms with Gasteiger partial charge < -0.3 is 15.4 Å². The van der Waals surface area contributed by atoms with E-state index in [4.69, 9.17) is 4.74 Å². The highest BCUT2D eigenvalue weighted by atomic mass is 16.5. The number of rotatable bonds is 3. The average molecular weight is 296 g/mol. The maximum absolute atomic E-state index is 12.2. The van der Waals surface area contributed by atoms with E-state index in [-0.39, 0.29) is 11.9 Å². The largest absolute Gasteiger partial charge is 0.497 e. The topological polar surface area (TPSA) is 50.4 Å². The third kappa shape index (κ3) is 2.70. The summed E-state index contributed by atoms with van der Waals surface area (Å²) in [4.78, 5) is 12.2. The maximum Gasteiger partial charge on any atom is 0.241 e. The molecule has 4 heteroatoms. The summed E-state index contributed by atoms with van der Waals surface area (Å²) in [6.07, 6.45) is 0. The molecule has 2 N–H and O–H groups in total. The van der Waals surface area contributed by atoms with Crippen molar-refractivity contribution in [2.24, 2.45) is 0 Å². The van der Waals surface area contributed by atoms with Crippen molar-refractivity contribution in [2.75, 3.05) is 20.2 Å². The standard InChI is InChI=1S/C18H20N2O2/c1-12-11-13(22-2)7-8-14(12)15-5-3-4-6-16(15)17-18(21)20-10-9-19-17/h3-8,11,17,19H,9-10H2,1-2H3,(H,20,21). The van der Waals surface area contributed by atoms with Crippen molar-refractivity contribution in [1.82, 2.24) is 10.6 Å². The highest BCUT2D eigenvalue weighted by Gasteiger charge is 2.25. The lowest BCUT2D eigenvalue weighted by atomic mass is 9.91. The van der Waals surface area contributed by atoms with E-state index >= 15 is 0 Å². The van der Waals surface area contributed by atoms with Crippen molar-refractivity contribution >= 4 is 5.91 Å². The average Bonchev–Trinajstić information content (AvgIpc) is 2.55. The number of piperazine rings is 1. The van der Waals surface area contributed by atoms with Gasteiger partial charge >= 0.3 is 0 Å². The number of carbonyl (C=O) groups excluding carboxylic acids is 1. The lowest BCUT2D eigenvalue weighted by Gasteiger charge is -2.26. The van der Waals surface area contributed by atoms with Gasteiger partial charge in [-0.25, -0.2) is 0 Å². The van der Waals surface area contributed by atoms with E-state index in [1.165, 1.54) is 0 Å². The number of methoxy groups -OCH3 is 1. The van der Waals surface area contributed by atoms with Crippen molar-refractivity contribution in [3.05, 3.63) is 53.6 Å². The molecule has 1 aliphatic rings. The summed E-state index contributed by atoms with van der Waals surface area (Å²) in [5.74, 6) is 0.872. The molecule has 0 aliphatic carbocycles. The summed E-state index contributed by atoms with van der Waals surface area (Å²) in [6, 6.07) is 13.8. The molecular weight excluding hydrogens is 276 g/mol. The molecule has 1 heterocycles. The lowest BCUT2D eigenvalue weighted by Crippen LogP contribution is -2.47. The number of hydrogen-bond acceptors (Lipinski definition) is 3. The van der Waals surface area contributed by atoms with E-state index in [1.54, 1.807) is 7.11 Å². The van der Waals surface area contributed by atoms with Gasteiger partial charge in [-0.1, -0.05) is 30.3 Å². The second-order valence-corrected chi connectivity index (χ2v) is 5.45. The number of amides is 1. The van der Waals surface area contributed by atoms with E-state index in [2.05, 4.69) is 23.6 Å². The molecule has 2 aromatic rings. The predicted octanol–water partition coefficient (Wildman–Crippen LogP) is 2.43. The molecule has 1 atom stereocenters. The Morgan fingerprint density at radius 2 is 1.91 bits per heavy atom. The summed E-state index contributed by atoms with van der Waals surface area (Å²) in [5.41, 5.74) is 4.34. The van der Waals surface area contributed by atoms with Crippen LogP contribution in [0.1, 0.15) is 17.2 Å². The van der Waals surface area contributed by atoms with Crippen molar-refractivity contribution in [2.45, 2.75) is 13.0 Å². The molecular formula is C18H20N2O2. The van der Waals surface area contributed by atoms with Gasteiger partial charge in [0.15, 0.2) is 0 Å². The van der Waals surface area contributed by atoms with Gasteiger partial charge in [0.25, 0.3) is 0 Å². The van der Waals surface area contributed by atoms with Crippen LogP contribution in [0.25, 0.3) is 11.1 Å². The lowest BCUT2D eigenvalue weighted by molar-refractivity contribution is -0.124. The van der Waals surface area contributed by atoms with E-state index in [1.807, 2.05) is 36.4 Å². The third-order valence-electron chi connectivity index (χ3n) is 4.03. The Morgan fingerprint density at radius 3 is 2.64 bits per heavy atom. The number of benzene rings is 2. The minimum Gasteiger partial charge on any atom is -0.497 e. The fourth-order valence-corrected chi connectivity index (χ4v) is 2.91. The van der Waals surface area contributed by atoms with Gasteiger partial charge in [-0.05, 0) is 41.3 Å². The Labute approximate surface area is 130 Å². The second kappa shape index (κ2) is 6.20. The van der Waals surface area contributed by atoms with Crippen LogP contribution in [0.3, 0.4) is 0 Å². The molecule has 1 fully saturated rings. The molecule has 114 valence electrons. The van der Waals surface area contributed by atoms with Crippen LogP contribution in [0, 0.1) is 6.92 Å². The first-order valence-corrected chi connectivity index (χ1v) is 7.46. The first-order valence-electron chi connectivity index (χ1n) is 7.46. The van der Waals surface area contributed by atoms with Gasteiger partial charge in [-0.2, -0.15) is 0 Å². The minimum absolute atomic E-state index is 0.0323. The van der Waals surface area contributed by atoms with Gasteiger partial charge in [0.2, 0.25) is 5.91 Å². The first kappa shape index (κ1) is 14.6. The van der Waals surface area contributed by atoms with Crippen LogP contribution in [0.4, 0.5) is 0 Å². The number of aryl methyl sites for hydroxylation is 1. The number of carbonyl (C=O) groups is 1. The maximum atomic E-state index is 12.2. The molecule has 2 aromatic carbocycles. The molecule has 1 amide bonds. The van der Waals surface area contributed by atoms with Crippen LogP contribution in [-0.2, 0) is 4.79 Å². The van der Waals surface area contributed by atoms with Crippen LogP contribution < -0.4 is 15.4 Å². The Kier molecular flexibility index (Phi) is 4.11. The summed E-state index contributed by atoms with van der Waals surface area (Å²) in [7, 11) is 1.67. The number of nitrogens with one attached hydrogen (secondary N) is 2. The zero-order valence-corrected chi connectivity index (χ0v) is 12.8. The van der Waals surface area contributed by atoms with Crippen molar-refractivity contribution in [3.8, 4) is 16.9 Å². The molecule has 0 saturated carbocycles. The molecule has 3 rings (SSSR count). The zero-order chi connectivity index (χ0) is 15.5. The quantitative estimate of drug-likeness (QED) is 0.914. The third-order valence-corrected chi connectivity index (χ3v) is 4.03. The van der Waals surface area contributed by atoms with Gasteiger partial charge in [0, 0.05) is 13.1 Å². The fourth-order valence-electron chi connectivity index (χ4n) is 2.91. The Bertz CT molecular complexity index is 697. The highest BCUT2D eigenvalue weighted by molar-refractivity contribution is 5.87.